The quantitative estimate of drug-likeness (QED) is 0.669. The molecule has 1 atom stereocenters. The van der Waals surface area contributed by atoms with Crippen LogP contribution in [0.3, 0.4) is 0 Å². The second-order valence-electron chi connectivity index (χ2n) is 5.09. The van der Waals surface area contributed by atoms with Crippen molar-refractivity contribution in [3.05, 3.63) is 53.6 Å². The van der Waals surface area contributed by atoms with Crippen molar-refractivity contribution in [2.24, 2.45) is 0 Å². The number of hydrogen-bond acceptors (Lipinski definition) is 1. The number of nitrogens with zero attached hydrogens (tertiary/aromatic N) is 1. The lowest BCUT2D eigenvalue weighted by Crippen LogP contribution is -2.27. The lowest BCUT2D eigenvalue weighted by atomic mass is 10.1. The van der Waals surface area contributed by atoms with Gasteiger partial charge in [-0.1, -0.05) is 30.3 Å². The highest BCUT2D eigenvalue weighted by Crippen LogP contribution is 2.47. The van der Waals surface area contributed by atoms with E-state index in [1.807, 2.05) is 6.07 Å². The van der Waals surface area contributed by atoms with Crippen LogP contribution < -0.4 is 4.90 Å². The first-order chi connectivity index (χ1) is 10.3. The number of hydrogen-bond donors (Lipinski definition) is 0. The topological polar surface area (TPSA) is 3.24 Å². The highest BCUT2D eigenvalue weighted by Gasteiger charge is 2.27. The van der Waals surface area contributed by atoms with Gasteiger partial charge in [0.05, 0.1) is 5.38 Å². The Morgan fingerprint density at radius 2 is 1.52 bits per heavy atom. The van der Waals surface area contributed by atoms with Crippen LogP contribution in [0.2, 0.25) is 0 Å². The standard InChI is InChI=1S/C17H16Cl3N/c18-7-9-21(10-8-19)12-5-6-14-13-3-1-2-4-15(13)17(20)16(14)11-12/h1-6,11,17H,7-10H2/t17-/m0/s1. The lowest BCUT2D eigenvalue weighted by Gasteiger charge is -2.23. The monoisotopic (exact) mass is 339 g/mol. The van der Waals surface area contributed by atoms with Gasteiger partial charge in [0.15, 0.2) is 0 Å². The third-order valence-corrected chi connectivity index (χ3v) is 4.71. The summed E-state index contributed by atoms with van der Waals surface area (Å²) in [6, 6.07) is 14.8. The summed E-state index contributed by atoms with van der Waals surface area (Å²) in [5.41, 5.74) is 5.96. The van der Waals surface area contributed by atoms with Gasteiger partial charge in [0, 0.05) is 30.5 Å². The van der Waals surface area contributed by atoms with Crippen molar-refractivity contribution >= 4 is 40.5 Å². The number of fused-ring (bicyclic) bond motifs is 3. The normalized spacial score (nSPS) is 15.7. The fraction of sp³-hybridized carbons (Fsp3) is 0.294. The molecule has 0 bridgehead atoms. The molecule has 4 heteroatoms. The maximum Gasteiger partial charge on any atom is 0.0848 e. The number of anilines is 1. The van der Waals surface area contributed by atoms with Gasteiger partial charge in [-0.3, -0.25) is 0 Å². The predicted octanol–water partition coefficient (Wildman–Crippen LogP) is 5.28. The van der Waals surface area contributed by atoms with Gasteiger partial charge in [-0.2, -0.15) is 0 Å². The Hall–Kier alpha value is -0.890. The Labute approximate surface area is 140 Å². The highest BCUT2D eigenvalue weighted by molar-refractivity contribution is 6.25. The summed E-state index contributed by atoms with van der Waals surface area (Å²) in [7, 11) is 0. The first kappa shape index (κ1) is 15.0. The van der Waals surface area contributed by atoms with Crippen molar-refractivity contribution in [2.75, 3.05) is 29.7 Å². The second-order valence-corrected chi connectivity index (χ2v) is 6.28. The molecule has 0 heterocycles. The van der Waals surface area contributed by atoms with Crippen molar-refractivity contribution in [2.45, 2.75) is 5.38 Å². The Bertz CT molecular complexity index is 636. The molecule has 0 radical (unpaired) electrons. The summed E-state index contributed by atoms with van der Waals surface area (Å²) in [6.45, 7) is 1.57. The minimum atomic E-state index is -0.0787. The molecule has 0 spiro atoms. The van der Waals surface area contributed by atoms with Gasteiger partial charge >= 0.3 is 0 Å². The molecule has 2 aromatic carbocycles. The maximum atomic E-state index is 6.63. The molecule has 110 valence electrons. The van der Waals surface area contributed by atoms with Crippen LogP contribution in [-0.4, -0.2) is 24.8 Å². The van der Waals surface area contributed by atoms with Crippen molar-refractivity contribution in [3.63, 3.8) is 0 Å². The Morgan fingerprint density at radius 1 is 0.857 bits per heavy atom. The van der Waals surface area contributed by atoms with Gasteiger partial charge in [0.1, 0.15) is 0 Å². The second kappa shape index (κ2) is 6.48. The number of rotatable bonds is 5. The predicted molar refractivity (Wildman–Crippen MR) is 93.2 cm³/mol. The molecule has 3 rings (SSSR count). The van der Waals surface area contributed by atoms with Crippen LogP contribution >= 0.6 is 34.8 Å². The van der Waals surface area contributed by atoms with Crippen LogP contribution in [0, 0.1) is 0 Å². The summed E-state index contributed by atoms with van der Waals surface area (Å²) < 4.78 is 0. The summed E-state index contributed by atoms with van der Waals surface area (Å²) in [6.07, 6.45) is 0. The number of halogens is 3. The van der Waals surface area contributed by atoms with Gasteiger partial charge in [0.25, 0.3) is 0 Å². The zero-order chi connectivity index (χ0) is 14.8. The third-order valence-electron chi connectivity index (χ3n) is 3.91. The van der Waals surface area contributed by atoms with Crippen molar-refractivity contribution in [3.8, 4) is 11.1 Å². The Morgan fingerprint density at radius 3 is 2.24 bits per heavy atom. The fourth-order valence-electron chi connectivity index (χ4n) is 2.91. The van der Waals surface area contributed by atoms with Crippen molar-refractivity contribution in [1.29, 1.82) is 0 Å². The van der Waals surface area contributed by atoms with Gasteiger partial charge < -0.3 is 4.90 Å². The zero-order valence-corrected chi connectivity index (χ0v) is 13.8. The summed E-state index contributed by atoms with van der Waals surface area (Å²) in [5.74, 6) is 1.16. The van der Waals surface area contributed by atoms with E-state index < -0.39 is 0 Å². The van der Waals surface area contributed by atoms with Crippen LogP contribution in [0.5, 0.6) is 0 Å². The minimum absolute atomic E-state index is 0.0787. The average molecular weight is 341 g/mol. The first-order valence-electron chi connectivity index (χ1n) is 7.00. The summed E-state index contributed by atoms with van der Waals surface area (Å²) in [5, 5.41) is -0.0787. The van der Waals surface area contributed by atoms with Crippen molar-refractivity contribution < 1.29 is 0 Å². The minimum Gasteiger partial charge on any atom is -0.369 e. The van der Waals surface area contributed by atoms with E-state index in [2.05, 4.69) is 41.3 Å². The molecule has 1 nitrogen and oxygen atoms in total. The van der Waals surface area contributed by atoms with Crippen LogP contribution in [0.15, 0.2) is 42.5 Å². The van der Waals surface area contributed by atoms with Crippen LogP contribution in [-0.2, 0) is 0 Å². The van der Waals surface area contributed by atoms with Crippen molar-refractivity contribution in [1.82, 2.24) is 0 Å². The average Bonchev–Trinajstić information content (AvgIpc) is 2.80. The molecule has 0 saturated heterocycles. The highest BCUT2D eigenvalue weighted by atomic mass is 35.5. The van der Waals surface area contributed by atoms with E-state index in [4.69, 9.17) is 34.8 Å². The molecule has 0 aliphatic heterocycles. The fourth-order valence-corrected chi connectivity index (χ4v) is 3.69. The molecule has 0 unspecified atom stereocenters. The number of benzene rings is 2. The zero-order valence-electron chi connectivity index (χ0n) is 11.5. The lowest BCUT2D eigenvalue weighted by molar-refractivity contribution is 0.873. The van der Waals surface area contributed by atoms with Crippen LogP contribution in [0.1, 0.15) is 16.5 Å². The summed E-state index contributed by atoms with van der Waals surface area (Å²) in [4.78, 5) is 2.20. The molecule has 1 aliphatic rings. The largest absolute Gasteiger partial charge is 0.369 e. The molecular weight excluding hydrogens is 325 g/mol. The van der Waals surface area contributed by atoms with E-state index >= 15 is 0 Å². The van der Waals surface area contributed by atoms with E-state index in [0.717, 1.165) is 18.8 Å². The summed E-state index contributed by atoms with van der Waals surface area (Å²) >= 11 is 18.4. The number of alkyl halides is 3. The smallest absolute Gasteiger partial charge is 0.0848 e. The van der Waals surface area contributed by atoms with Gasteiger partial charge in [-0.25, -0.2) is 0 Å². The molecule has 0 fully saturated rings. The van der Waals surface area contributed by atoms with Crippen LogP contribution in [0.25, 0.3) is 11.1 Å². The van der Waals surface area contributed by atoms with E-state index in [9.17, 15) is 0 Å². The molecule has 2 aromatic rings. The van der Waals surface area contributed by atoms with Crippen LogP contribution in [0.4, 0.5) is 5.69 Å². The maximum absolute atomic E-state index is 6.63. The molecule has 1 aliphatic carbocycles. The van der Waals surface area contributed by atoms with E-state index in [1.54, 1.807) is 0 Å². The third kappa shape index (κ3) is 2.75. The molecule has 0 amide bonds. The van der Waals surface area contributed by atoms with E-state index in [1.165, 1.54) is 22.3 Å². The van der Waals surface area contributed by atoms with E-state index in [0.29, 0.717) is 11.8 Å². The molecule has 0 saturated carbocycles. The molecule has 21 heavy (non-hydrogen) atoms. The van der Waals surface area contributed by atoms with Gasteiger partial charge in [-0.15, -0.1) is 34.8 Å². The molecular formula is C17H16Cl3N. The van der Waals surface area contributed by atoms with Gasteiger partial charge in [-0.05, 0) is 34.4 Å². The Kier molecular flexibility index (Phi) is 4.63. The first-order valence-corrected chi connectivity index (χ1v) is 8.51. The molecule has 0 N–H and O–H groups in total. The van der Waals surface area contributed by atoms with E-state index in [-0.39, 0.29) is 5.38 Å². The SMILES string of the molecule is ClCCN(CCCl)c1ccc2c(c1)[C@@H](Cl)c1ccccc1-2. The van der Waals surface area contributed by atoms with Gasteiger partial charge in [0.2, 0.25) is 0 Å². The Balaban J connectivity index is 2.00. The molecule has 0 aromatic heterocycles.